The normalized spacial score (nSPS) is 28.6. The molecule has 346 valence electrons. The van der Waals surface area contributed by atoms with E-state index < -0.39 is 205 Å². The third-order valence-corrected chi connectivity index (χ3v) is 11.7. The summed E-state index contributed by atoms with van der Waals surface area (Å²) < 4.78 is 39.3. The number of aliphatic hydroxyl groups is 3. The number of phenolic OH excluding ortho intramolecular Hbond substituents is 11. The molecule has 4 heterocycles. The Kier molecular flexibility index (Phi) is 9.33. The number of carbonyl (C=O) groups excluding carboxylic acids is 5. The summed E-state index contributed by atoms with van der Waals surface area (Å²) in [4.78, 5) is 71.3. The Morgan fingerprint density at radius 3 is 1.73 bits per heavy atom. The van der Waals surface area contributed by atoms with Crippen LogP contribution in [0.3, 0.4) is 0 Å². The largest absolute Gasteiger partial charge is 0.504 e. The van der Waals surface area contributed by atoms with Crippen molar-refractivity contribution in [2.24, 2.45) is 0 Å². The molecule has 14 N–H and O–H groups in total. The monoisotopic (exact) mass is 926 g/mol. The highest BCUT2D eigenvalue weighted by atomic mass is 16.8. The molecule has 26 nitrogen and oxygen atoms in total. The van der Waals surface area contributed by atoms with Crippen molar-refractivity contribution in [2.75, 3.05) is 6.61 Å². The summed E-state index contributed by atoms with van der Waals surface area (Å²) >= 11 is 0. The van der Waals surface area contributed by atoms with Gasteiger partial charge in [-0.25, -0.2) is 24.0 Å². The Morgan fingerprint density at radius 1 is 0.606 bits per heavy atom. The summed E-state index contributed by atoms with van der Waals surface area (Å²) in [6.07, 6.45) is -15.5. The van der Waals surface area contributed by atoms with Crippen molar-refractivity contribution in [1.29, 1.82) is 0 Å². The molecule has 0 radical (unpaired) electrons. The van der Waals surface area contributed by atoms with E-state index in [4.69, 9.17) is 33.2 Å². The zero-order valence-corrected chi connectivity index (χ0v) is 32.5. The van der Waals surface area contributed by atoms with E-state index in [-0.39, 0.29) is 0 Å². The van der Waals surface area contributed by atoms with Gasteiger partial charge in [0.15, 0.2) is 69.6 Å². The van der Waals surface area contributed by atoms with Crippen LogP contribution in [0.4, 0.5) is 0 Å². The Bertz CT molecular complexity index is 2850. The lowest BCUT2D eigenvalue weighted by Gasteiger charge is -2.44. The number of phenols is 11. The molecule has 0 amide bonds. The average molecular weight is 927 g/mol. The van der Waals surface area contributed by atoms with Gasteiger partial charge in [-0.15, -0.1) is 0 Å². The van der Waals surface area contributed by atoms with Crippen LogP contribution in [0, 0.1) is 0 Å². The van der Waals surface area contributed by atoms with E-state index in [0.717, 1.165) is 0 Å². The first-order valence-corrected chi connectivity index (χ1v) is 18.9. The molecule has 1 saturated heterocycles. The van der Waals surface area contributed by atoms with Gasteiger partial charge in [-0.1, -0.05) is 0 Å². The highest BCUT2D eigenvalue weighted by Gasteiger charge is 2.73. The molecule has 9 atom stereocenters. The molecular formula is C40H30O26. The number of carbonyl (C=O) groups is 5. The molecule has 0 aromatic heterocycles. The SMILES string of the molecule is O=C(O[C@@H]1O[C@@H]2COC(=O)c3cc(O)c(O)c(O)c3-c3c(cc(O)c(O)c3O)C(=O)O[C@@H]3[C@H]1OC(=O)c1cc(O)c(O)c4c1C1C(O)(CC(O)C1(O)O4)C(=O)O[C@@H]32)c1cc(O)c(O)c(O)c1. The van der Waals surface area contributed by atoms with Gasteiger partial charge in [0, 0.05) is 23.1 Å². The van der Waals surface area contributed by atoms with E-state index >= 15 is 0 Å². The van der Waals surface area contributed by atoms with Crippen LogP contribution in [0.15, 0.2) is 30.3 Å². The van der Waals surface area contributed by atoms with Crippen LogP contribution < -0.4 is 4.74 Å². The molecule has 4 aromatic carbocycles. The number of benzene rings is 4. The molecule has 1 aliphatic carbocycles. The number of ether oxygens (including phenoxy) is 7. The van der Waals surface area contributed by atoms with Gasteiger partial charge < -0.3 is 105 Å². The maximum Gasteiger partial charge on any atom is 0.340 e. The Morgan fingerprint density at radius 2 is 1.12 bits per heavy atom. The molecule has 0 spiro atoms. The number of rotatable bonds is 2. The van der Waals surface area contributed by atoms with Gasteiger partial charge in [-0.2, -0.15) is 0 Å². The summed E-state index contributed by atoms with van der Waals surface area (Å²) in [7, 11) is 0. The number of fused-ring (bicyclic) bond motifs is 3. The lowest BCUT2D eigenvalue weighted by molar-refractivity contribution is -0.289. The lowest BCUT2D eigenvalue weighted by atomic mass is 9.81. The van der Waals surface area contributed by atoms with Gasteiger partial charge in [0.2, 0.25) is 35.4 Å². The second-order valence-electron chi connectivity index (χ2n) is 15.5. The Balaban J connectivity index is 1.28. The van der Waals surface area contributed by atoms with Crippen molar-refractivity contribution in [3.63, 3.8) is 0 Å². The number of hydrogen-bond acceptors (Lipinski definition) is 26. The summed E-state index contributed by atoms with van der Waals surface area (Å²) in [6, 6.07) is 2.52. The smallest absolute Gasteiger partial charge is 0.340 e. The predicted octanol–water partition coefficient (Wildman–Crippen LogP) is -0.796. The van der Waals surface area contributed by atoms with Gasteiger partial charge >= 0.3 is 29.8 Å². The molecule has 66 heavy (non-hydrogen) atoms. The second-order valence-corrected chi connectivity index (χ2v) is 15.5. The van der Waals surface area contributed by atoms with E-state index in [2.05, 4.69) is 0 Å². The first-order valence-electron chi connectivity index (χ1n) is 18.9. The zero-order chi connectivity index (χ0) is 47.8. The molecule has 26 heteroatoms. The first kappa shape index (κ1) is 42.9. The minimum Gasteiger partial charge on any atom is -0.504 e. The highest BCUT2D eigenvalue weighted by molar-refractivity contribution is 6.08. The minimum atomic E-state index is -3.22. The Hall–Kier alpha value is -8.33. The fraction of sp³-hybridized carbons (Fsp3) is 0.275. The minimum absolute atomic E-state index is 0.387. The zero-order valence-electron chi connectivity index (χ0n) is 32.5. The first-order chi connectivity index (χ1) is 31.0. The van der Waals surface area contributed by atoms with Gasteiger partial charge in [0.25, 0.3) is 0 Å². The highest BCUT2D eigenvalue weighted by Crippen LogP contribution is 2.62. The Labute approximate surface area is 363 Å². The number of hydrogen-bond donors (Lipinski definition) is 14. The van der Waals surface area contributed by atoms with Gasteiger partial charge in [0.05, 0.1) is 28.2 Å². The van der Waals surface area contributed by atoms with Crippen LogP contribution in [-0.2, 0) is 33.2 Å². The lowest BCUT2D eigenvalue weighted by Crippen LogP contribution is -2.64. The molecule has 4 aliphatic heterocycles. The molecule has 9 rings (SSSR count). The fourth-order valence-electron chi connectivity index (χ4n) is 8.60. The standard InChI is InChI=1S/C40H30O26/c41-12-1-8(2-13(42)22(12)47)33(53)65-37-31-30-28(64-38(57)39(58)6-18(46)40(59)32(39)21-11(36(56)63-31)5-16(45)25(50)29(21)66-40)17(61-37)7-60-34(54)9-3-14(43)23(48)26(51)19(9)20-10(35(55)62-30)4-15(44)24(49)27(20)52/h1-5,17-18,28,30-32,37,41-52,58-59H,6-7H2/t17-,18?,28-,30+,31-,32?,37+,39?,40?/m1/s1. The summed E-state index contributed by atoms with van der Waals surface area (Å²) in [5, 5.41) is 151. The van der Waals surface area contributed by atoms with Crippen molar-refractivity contribution in [3.05, 3.63) is 58.1 Å². The number of aliphatic hydroxyl groups excluding tert-OH is 1. The van der Waals surface area contributed by atoms with E-state index in [9.17, 15) is 95.5 Å². The van der Waals surface area contributed by atoms with E-state index in [1.807, 2.05) is 0 Å². The quantitative estimate of drug-likeness (QED) is 0.0665. The summed E-state index contributed by atoms with van der Waals surface area (Å²) in [5.74, 6) is -28.7. The van der Waals surface area contributed by atoms with Crippen molar-refractivity contribution in [2.45, 2.75) is 60.5 Å². The van der Waals surface area contributed by atoms with Crippen molar-refractivity contribution in [3.8, 4) is 80.1 Å². The average Bonchev–Trinajstić information content (AvgIpc) is 3.69. The van der Waals surface area contributed by atoms with E-state index in [1.54, 1.807) is 0 Å². The maximum absolute atomic E-state index is 14.6. The molecule has 5 aliphatic rings. The van der Waals surface area contributed by atoms with Crippen LogP contribution in [0.1, 0.15) is 59.3 Å². The topological polar surface area (TPSA) is 433 Å². The molecule has 1 saturated carbocycles. The molecule has 2 fully saturated rings. The fourth-order valence-corrected chi connectivity index (χ4v) is 8.60. The van der Waals surface area contributed by atoms with Crippen molar-refractivity contribution < 1.29 is 129 Å². The molecule has 4 bridgehead atoms. The summed E-state index contributed by atoms with van der Waals surface area (Å²) in [6.45, 7) is -1.27. The third-order valence-electron chi connectivity index (χ3n) is 11.7. The van der Waals surface area contributed by atoms with Crippen LogP contribution in [0.5, 0.6) is 69.0 Å². The van der Waals surface area contributed by atoms with E-state index in [0.29, 0.717) is 30.3 Å². The van der Waals surface area contributed by atoms with E-state index in [1.165, 1.54) is 0 Å². The summed E-state index contributed by atoms with van der Waals surface area (Å²) in [5.41, 5.74) is -10.00. The van der Waals surface area contributed by atoms with Crippen LogP contribution in [0.25, 0.3) is 11.1 Å². The van der Waals surface area contributed by atoms with Crippen LogP contribution >= 0.6 is 0 Å². The molecule has 4 aromatic rings. The maximum atomic E-state index is 14.6. The van der Waals surface area contributed by atoms with Gasteiger partial charge in [0.1, 0.15) is 18.8 Å². The van der Waals surface area contributed by atoms with Crippen LogP contribution in [-0.4, -0.2) is 156 Å². The van der Waals surface area contributed by atoms with Crippen molar-refractivity contribution >= 4 is 29.8 Å². The van der Waals surface area contributed by atoms with Crippen LogP contribution in [0.2, 0.25) is 0 Å². The predicted molar refractivity (Wildman–Crippen MR) is 200 cm³/mol. The number of esters is 5. The third kappa shape index (κ3) is 5.99. The van der Waals surface area contributed by atoms with Crippen molar-refractivity contribution in [1.82, 2.24) is 0 Å². The van der Waals surface area contributed by atoms with Gasteiger partial charge in [-0.3, -0.25) is 0 Å². The number of cyclic esters (lactones) is 1. The second kappa shape index (κ2) is 14.3. The molecule has 4 unspecified atom stereocenters. The van der Waals surface area contributed by atoms with Gasteiger partial charge in [-0.05, 0) is 30.3 Å². The molecular weight excluding hydrogens is 896 g/mol. The number of aromatic hydroxyl groups is 11.